The third-order valence-corrected chi connectivity index (χ3v) is 3.97. The molecule has 0 aromatic heterocycles. The van der Waals surface area contributed by atoms with Gasteiger partial charge in [0.25, 0.3) is 0 Å². The fourth-order valence-corrected chi connectivity index (χ4v) is 2.37. The average molecular weight is 328 g/mol. The molecule has 0 saturated heterocycles. The molecule has 0 bridgehead atoms. The fourth-order valence-electron chi connectivity index (χ4n) is 2.37. The molecular weight excluding hydrogens is 303 g/mol. The van der Waals surface area contributed by atoms with Crippen LogP contribution >= 0.6 is 0 Å². The minimum atomic E-state index is -0.262. The van der Waals surface area contributed by atoms with Gasteiger partial charge in [-0.3, -0.25) is 4.79 Å². The van der Waals surface area contributed by atoms with E-state index in [-0.39, 0.29) is 29.7 Å². The molecule has 0 radical (unpaired) electrons. The Labute approximate surface area is 143 Å². The Kier molecular flexibility index (Phi) is 5.73. The number of amides is 1. The van der Waals surface area contributed by atoms with Crippen molar-refractivity contribution in [1.82, 2.24) is 5.32 Å². The van der Waals surface area contributed by atoms with E-state index in [1.807, 2.05) is 31.2 Å². The van der Waals surface area contributed by atoms with Crippen molar-refractivity contribution < 1.29 is 9.18 Å². The van der Waals surface area contributed by atoms with E-state index in [0.717, 1.165) is 11.3 Å². The Morgan fingerprint density at radius 3 is 2.17 bits per heavy atom. The lowest BCUT2D eigenvalue weighted by Crippen LogP contribution is -2.30. The van der Waals surface area contributed by atoms with Crippen LogP contribution < -0.4 is 10.6 Å². The summed E-state index contributed by atoms with van der Waals surface area (Å²) in [5.41, 5.74) is 3.04. The van der Waals surface area contributed by atoms with Crippen LogP contribution in [-0.2, 0) is 10.2 Å². The molecule has 24 heavy (non-hydrogen) atoms. The van der Waals surface area contributed by atoms with E-state index < -0.39 is 0 Å². The van der Waals surface area contributed by atoms with Gasteiger partial charge < -0.3 is 10.6 Å². The molecule has 3 nitrogen and oxygen atoms in total. The van der Waals surface area contributed by atoms with Crippen LogP contribution in [0.4, 0.5) is 10.1 Å². The van der Waals surface area contributed by atoms with Crippen molar-refractivity contribution in [3.63, 3.8) is 0 Å². The molecule has 0 aliphatic rings. The maximum absolute atomic E-state index is 12.9. The molecule has 2 N–H and O–H groups in total. The first-order chi connectivity index (χ1) is 11.3. The number of halogens is 1. The first-order valence-corrected chi connectivity index (χ1v) is 8.15. The van der Waals surface area contributed by atoms with Crippen LogP contribution in [0.3, 0.4) is 0 Å². The maximum Gasteiger partial charge on any atom is 0.238 e. The average Bonchev–Trinajstić information content (AvgIpc) is 2.53. The Morgan fingerprint density at radius 1 is 1.04 bits per heavy atom. The monoisotopic (exact) mass is 328 g/mol. The van der Waals surface area contributed by atoms with Gasteiger partial charge in [-0.25, -0.2) is 4.39 Å². The van der Waals surface area contributed by atoms with Gasteiger partial charge in [0.1, 0.15) is 5.82 Å². The molecule has 1 amide bonds. The van der Waals surface area contributed by atoms with Gasteiger partial charge in [-0.2, -0.15) is 0 Å². The standard InChI is InChI=1S/C20H25FN2O/c1-14(15-5-9-17(21)10-6-15)22-13-19(24)23-18-11-7-16(8-12-18)20(2,3)4/h5-12,14,22H,13H2,1-4H3,(H,23,24)/t14-/m0/s1. The quantitative estimate of drug-likeness (QED) is 0.853. The molecule has 0 fully saturated rings. The van der Waals surface area contributed by atoms with Crippen molar-refractivity contribution in [2.45, 2.75) is 39.2 Å². The molecule has 0 unspecified atom stereocenters. The van der Waals surface area contributed by atoms with Crippen molar-refractivity contribution in [3.8, 4) is 0 Å². The highest BCUT2D eigenvalue weighted by Gasteiger charge is 2.13. The number of hydrogen-bond acceptors (Lipinski definition) is 2. The predicted molar refractivity (Wildman–Crippen MR) is 96.6 cm³/mol. The highest BCUT2D eigenvalue weighted by atomic mass is 19.1. The van der Waals surface area contributed by atoms with Crippen LogP contribution in [-0.4, -0.2) is 12.5 Å². The van der Waals surface area contributed by atoms with Crippen LogP contribution in [0.15, 0.2) is 48.5 Å². The first kappa shape index (κ1) is 18.1. The predicted octanol–water partition coefficient (Wildman–Crippen LogP) is 4.41. The van der Waals surface area contributed by atoms with Gasteiger partial charge in [-0.15, -0.1) is 0 Å². The van der Waals surface area contributed by atoms with E-state index >= 15 is 0 Å². The number of carbonyl (C=O) groups is 1. The van der Waals surface area contributed by atoms with Crippen LogP contribution in [0.1, 0.15) is 44.9 Å². The Bertz CT molecular complexity index is 672. The second-order valence-corrected chi connectivity index (χ2v) is 7.03. The van der Waals surface area contributed by atoms with Gasteiger partial charge in [0.05, 0.1) is 6.54 Å². The zero-order valence-electron chi connectivity index (χ0n) is 14.7. The summed E-state index contributed by atoms with van der Waals surface area (Å²) >= 11 is 0. The van der Waals surface area contributed by atoms with E-state index in [1.54, 1.807) is 12.1 Å². The minimum Gasteiger partial charge on any atom is -0.325 e. The van der Waals surface area contributed by atoms with Crippen molar-refractivity contribution in [2.75, 3.05) is 11.9 Å². The summed E-state index contributed by atoms with van der Waals surface area (Å²) in [5, 5.41) is 6.01. The molecule has 0 spiro atoms. The summed E-state index contributed by atoms with van der Waals surface area (Å²) in [6.07, 6.45) is 0. The highest BCUT2D eigenvalue weighted by Crippen LogP contribution is 2.23. The number of carbonyl (C=O) groups excluding carboxylic acids is 1. The molecule has 1 atom stereocenters. The summed E-state index contributed by atoms with van der Waals surface area (Å²) < 4.78 is 12.9. The number of benzene rings is 2. The third kappa shape index (κ3) is 5.17. The van der Waals surface area contributed by atoms with Crippen molar-refractivity contribution in [1.29, 1.82) is 0 Å². The van der Waals surface area contributed by atoms with Crippen molar-refractivity contribution >= 4 is 11.6 Å². The lowest BCUT2D eigenvalue weighted by atomic mass is 9.87. The molecule has 0 saturated carbocycles. The fraction of sp³-hybridized carbons (Fsp3) is 0.350. The lowest BCUT2D eigenvalue weighted by molar-refractivity contribution is -0.115. The smallest absolute Gasteiger partial charge is 0.238 e. The van der Waals surface area contributed by atoms with E-state index in [9.17, 15) is 9.18 Å². The number of anilines is 1. The largest absolute Gasteiger partial charge is 0.325 e. The second kappa shape index (κ2) is 7.58. The second-order valence-electron chi connectivity index (χ2n) is 7.03. The first-order valence-electron chi connectivity index (χ1n) is 8.15. The van der Waals surface area contributed by atoms with Gasteiger partial charge in [-0.05, 0) is 47.7 Å². The molecule has 0 heterocycles. The molecular formula is C20H25FN2O. The minimum absolute atomic E-state index is 0.0281. The van der Waals surface area contributed by atoms with Gasteiger partial charge in [0, 0.05) is 11.7 Å². The zero-order chi connectivity index (χ0) is 17.7. The van der Waals surface area contributed by atoms with Gasteiger partial charge in [0.15, 0.2) is 0 Å². The Morgan fingerprint density at radius 2 is 1.62 bits per heavy atom. The van der Waals surface area contributed by atoms with Gasteiger partial charge in [-0.1, -0.05) is 45.0 Å². The summed E-state index contributed by atoms with van der Waals surface area (Å²) in [6.45, 7) is 8.60. The summed E-state index contributed by atoms with van der Waals surface area (Å²) in [4.78, 5) is 12.1. The Hall–Kier alpha value is -2.20. The number of hydrogen-bond donors (Lipinski definition) is 2. The molecule has 4 heteroatoms. The highest BCUT2D eigenvalue weighted by molar-refractivity contribution is 5.92. The Balaban J connectivity index is 1.86. The summed E-state index contributed by atoms with van der Waals surface area (Å²) in [6, 6.07) is 14.2. The van der Waals surface area contributed by atoms with Crippen molar-refractivity contribution in [2.24, 2.45) is 0 Å². The number of rotatable bonds is 5. The zero-order valence-corrected chi connectivity index (χ0v) is 14.7. The summed E-state index contributed by atoms with van der Waals surface area (Å²) in [7, 11) is 0. The lowest BCUT2D eigenvalue weighted by Gasteiger charge is -2.19. The molecule has 2 rings (SSSR count). The van der Waals surface area contributed by atoms with E-state index in [1.165, 1.54) is 17.7 Å². The third-order valence-electron chi connectivity index (χ3n) is 3.97. The van der Waals surface area contributed by atoms with E-state index in [2.05, 4.69) is 31.4 Å². The van der Waals surface area contributed by atoms with E-state index in [4.69, 9.17) is 0 Å². The maximum atomic E-state index is 12.9. The molecule has 128 valence electrons. The number of nitrogens with one attached hydrogen (secondary N) is 2. The molecule has 0 aliphatic carbocycles. The summed E-state index contributed by atoms with van der Waals surface area (Å²) in [5.74, 6) is -0.366. The van der Waals surface area contributed by atoms with Gasteiger partial charge in [0.2, 0.25) is 5.91 Å². The topological polar surface area (TPSA) is 41.1 Å². The van der Waals surface area contributed by atoms with Crippen LogP contribution in [0.5, 0.6) is 0 Å². The van der Waals surface area contributed by atoms with Crippen LogP contribution in [0.2, 0.25) is 0 Å². The normalized spacial score (nSPS) is 12.7. The van der Waals surface area contributed by atoms with Crippen molar-refractivity contribution in [3.05, 3.63) is 65.5 Å². The van der Waals surface area contributed by atoms with Gasteiger partial charge >= 0.3 is 0 Å². The van der Waals surface area contributed by atoms with Crippen LogP contribution in [0.25, 0.3) is 0 Å². The van der Waals surface area contributed by atoms with E-state index in [0.29, 0.717) is 0 Å². The molecule has 0 aliphatic heterocycles. The molecule has 2 aromatic rings. The van der Waals surface area contributed by atoms with Crippen LogP contribution in [0, 0.1) is 5.82 Å². The molecule has 2 aromatic carbocycles. The SMILES string of the molecule is C[C@H](NCC(=O)Nc1ccc(C(C)(C)C)cc1)c1ccc(F)cc1.